The minimum absolute atomic E-state index is 0.220. The van der Waals surface area contributed by atoms with Crippen molar-refractivity contribution >= 4 is 22.6 Å². The fraction of sp³-hybridized carbons (Fsp3) is 0.562. The van der Waals surface area contributed by atoms with Gasteiger partial charge >= 0.3 is 0 Å². The number of aryl methyl sites for hydroxylation is 1. The van der Waals surface area contributed by atoms with Crippen molar-refractivity contribution in [2.75, 3.05) is 19.6 Å². The summed E-state index contributed by atoms with van der Waals surface area (Å²) in [7, 11) is 1.73. The SMILES string of the molecule is COCCC1(Cn2c(CCCl)nc3ccc(F)cc32)CC1. The van der Waals surface area contributed by atoms with E-state index in [-0.39, 0.29) is 11.2 Å². The van der Waals surface area contributed by atoms with Gasteiger partial charge in [0.15, 0.2) is 0 Å². The Hall–Kier alpha value is -1.13. The molecule has 0 N–H and O–H groups in total. The lowest BCUT2D eigenvalue weighted by Gasteiger charge is -2.18. The first-order valence-electron chi connectivity index (χ1n) is 7.37. The molecule has 114 valence electrons. The number of fused-ring (bicyclic) bond motifs is 1. The molecule has 3 nitrogen and oxygen atoms in total. The molecule has 1 saturated carbocycles. The number of aromatic nitrogens is 2. The zero-order chi connectivity index (χ0) is 14.9. The van der Waals surface area contributed by atoms with Crippen molar-refractivity contribution in [3.05, 3.63) is 29.8 Å². The molecule has 0 unspecified atom stereocenters. The maximum absolute atomic E-state index is 13.6. The minimum atomic E-state index is -0.220. The summed E-state index contributed by atoms with van der Waals surface area (Å²) in [4.78, 5) is 4.62. The van der Waals surface area contributed by atoms with Crippen molar-refractivity contribution in [1.29, 1.82) is 0 Å². The zero-order valence-corrected chi connectivity index (χ0v) is 13.0. The Bertz CT molecular complexity index is 636. The number of alkyl halides is 1. The largest absolute Gasteiger partial charge is 0.385 e. The quantitative estimate of drug-likeness (QED) is 0.728. The van der Waals surface area contributed by atoms with Gasteiger partial charge in [-0.15, -0.1) is 11.6 Å². The second-order valence-electron chi connectivity index (χ2n) is 5.93. The van der Waals surface area contributed by atoms with E-state index in [0.717, 1.165) is 36.4 Å². The van der Waals surface area contributed by atoms with E-state index in [4.69, 9.17) is 16.3 Å². The first-order valence-corrected chi connectivity index (χ1v) is 7.90. The Morgan fingerprint density at radius 2 is 2.24 bits per heavy atom. The standard InChI is InChI=1S/C16H20ClFN2O/c1-21-9-7-16(5-6-16)11-20-14-10-12(18)2-3-13(14)19-15(20)4-8-17/h2-3,10H,4-9,11H2,1H3. The molecule has 1 aliphatic rings. The molecule has 2 aromatic rings. The average molecular weight is 311 g/mol. The van der Waals surface area contributed by atoms with E-state index < -0.39 is 0 Å². The van der Waals surface area contributed by atoms with Gasteiger partial charge in [0.1, 0.15) is 11.6 Å². The topological polar surface area (TPSA) is 27.1 Å². The molecular weight excluding hydrogens is 291 g/mol. The summed E-state index contributed by atoms with van der Waals surface area (Å²) in [5, 5.41) is 0. The van der Waals surface area contributed by atoms with Crippen LogP contribution in [0.3, 0.4) is 0 Å². The predicted molar refractivity (Wildman–Crippen MR) is 82.3 cm³/mol. The zero-order valence-electron chi connectivity index (χ0n) is 12.2. The van der Waals surface area contributed by atoms with Gasteiger partial charge in [-0.3, -0.25) is 0 Å². The van der Waals surface area contributed by atoms with Gasteiger partial charge in [0.25, 0.3) is 0 Å². The highest BCUT2D eigenvalue weighted by Crippen LogP contribution is 2.50. The molecule has 0 spiro atoms. The van der Waals surface area contributed by atoms with Crippen molar-refractivity contribution in [3.8, 4) is 0 Å². The van der Waals surface area contributed by atoms with E-state index in [2.05, 4.69) is 9.55 Å². The van der Waals surface area contributed by atoms with E-state index in [1.807, 2.05) is 0 Å². The van der Waals surface area contributed by atoms with E-state index in [9.17, 15) is 4.39 Å². The molecule has 1 fully saturated rings. The summed E-state index contributed by atoms with van der Waals surface area (Å²) in [5.41, 5.74) is 2.01. The Kier molecular flexibility index (Phi) is 4.18. The van der Waals surface area contributed by atoms with Crippen LogP contribution in [0.5, 0.6) is 0 Å². The number of hydrogen-bond acceptors (Lipinski definition) is 2. The molecule has 1 heterocycles. The summed E-state index contributed by atoms with van der Waals surface area (Å²) in [5.74, 6) is 1.26. The summed E-state index contributed by atoms with van der Waals surface area (Å²) in [6.45, 7) is 1.65. The lowest BCUT2D eigenvalue weighted by molar-refractivity contribution is 0.167. The molecule has 21 heavy (non-hydrogen) atoms. The van der Waals surface area contributed by atoms with Crippen molar-refractivity contribution in [2.24, 2.45) is 5.41 Å². The van der Waals surface area contributed by atoms with Crippen LogP contribution >= 0.6 is 11.6 Å². The summed E-state index contributed by atoms with van der Waals surface area (Å²) in [6, 6.07) is 4.78. The minimum Gasteiger partial charge on any atom is -0.385 e. The van der Waals surface area contributed by atoms with Gasteiger partial charge in [-0.25, -0.2) is 9.37 Å². The Balaban J connectivity index is 1.95. The number of ether oxygens (including phenoxy) is 1. The van der Waals surface area contributed by atoms with Gasteiger partial charge < -0.3 is 9.30 Å². The lowest BCUT2D eigenvalue weighted by atomic mass is 10.0. The summed E-state index contributed by atoms with van der Waals surface area (Å²) < 4.78 is 20.9. The van der Waals surface area contributed by atoms with Crippen molar-refractivity contribution in [3.63, 3.8) is 0 Å². The number of methoxy groups -OCH3 is 1. The predicted octanol–water partition coefficient (Wildman–Crippen LogP) is 3.77. The fourth-order valence-electron chi connectivity index (χ4n) is 2.92. The number of nitrogens with zero attached hydrogens (tertiary/aromatic N) is 2. The van der Waals surface area contributed by atoms with Crippen molar-refractivity contribution in [1.82, 2.24) is 9.55 Å². The molecule has 5 heteroatoms. The van der Waals surface area contributed by atoms with Crippen molar-refractivity contribution < 1.29 is 9.13 Å². The highest BCUT2D eigenvalue weighted by Gasteiger charge is 2.42. The van der Waals surface area contributed by atoms with Gasteiger partial charge in [-0.2, -0.15) is 0 Å². The van der Waals surface area contributed by atoms with Crippen molar-refractivity contribution in [2.45, 2.75) is 32.2 Å². The van der Waals surface area contributed by atoms with Gasteiger partial charge in [0, 0.05) is 32.6 Å². The average Bonchev–Trinajstić information content (AvgIpc) is 3.17. The second kappa shape index (κ2) is 5.93. The van der Waals surface area contributed by atoms with Crippen LogP contribution in [0, 0.1) is 11.2 Å². The van der Waals surface area contributed by atoms with Gasteiger partial charge in [-0.1, -0.05) is 0 Å². The number of benzene rings is 1. The molecule has 0 aliphatic heterocycles. The summed E-state index contributed by atoms with van der Waals surface area (Å²) >= 11 is 5.89. The third-order valence-electron chi connectivity index (χ3n) is 4.39. The number of rotatable bonds is 7. The smallest absolute Gasteiger partial charge is 0.125 e. The molecule has 0 amide bonds. The molecular formula is C16H20ClFN2O. The van der Waals surface area contributed by atoms with Crippen LogP contribution in [0.15, 0.2) is 18.2 Å². The van der Waals surface area contributed by atoms with E-state index in [1.165, 1.54) is 18.9 Å². The summed E-state index contributed by atoms with van der Waals surface area (Å²) in [6.07, 6.45) is 4.15. The monoisotopic (exact) mass is 310 g/mol. The third kappa shape index (κ3) is 3.06. The van der Waals surface area contributed by atoms with Crippen LogP contribution < -0.4 is 0 Å². The number of imidazole rings is 1. The highest BCUT2D eigenvalue weighted by molar-refractivity contribution is 6.17. The molecule has 0 saturated heterocycles. The molecule has 1 aliphatic carbocycles. The highest BCUT2D eigenvalue weighted by atomic mass is 35.5. The number of hydrogen-bond donors (Lipinski definition) is 0. The Labute approximate surface area is 129 Å². The van der Waals surface area contributed by atoms with Crippen LogP contribution in [-0.2, 0) is 17.7 Å². The second-order valence-corrected chi connectivity index (χ2v) is 6.31. The van der Waals surface area contributed by atoms with Crippen LogP contribution in [0.2, 0.25) is 0 Å². The molecule has 0 radical (unpaired) electrons. The molecule has 3 rings (SSSR count). The van der Waals surface area contributed by atoms with E-state index >= 15 is 0 Å². The first-order chi connectivity index (χ1) is 10.2. The molecule has 0 bridgehead atoms. The van der Waals surface area contributed by atoms with Crippen LogP contribution in [0.4, 0.5) is 4.39 Å². The van der Waals surface area contributed by atoms with Crippen LogP contribution in [0.25, 0.3) is 11.0 Å². The Morgan fingerprint density at radius 3 is 2.90 bits per heavy atom. The van der Waals surface area contributed by atoms with Gasteiger partial charge in [-0.05, 0) is 42.9 Å². The molecule has 0 atom stereocenters. The Morgan fingerprint density at radius 1 is 1.43 bits per heavy atom. The van der Waals surface area contributed by atoms with Crippen LogP contribution in [-0.4, -0.2) is 29.1 Å². The van der Waals surface area contributed by atoms with Crippen LogP contribution in [0.1, 0.15) is 25.1 Å². The number of halogens is 2. The van der Waals surface area contributed by atoms with E-state index in [0.29, 0.717) is 12.3 Å². The maximum atomic E-state index is 13.6. The normalized spacial score (nSPS) is 16.5. The maximum Gasteiger partial charge on any atom is 0.125 e. The molecule has 1 aromatic carbocycles. The third-order valence-corrected chi connectivity index (χ3v) is 4.58. The lowest BCUT2D eigenvalue weighted by Crippen LogP contribution is -2.16. The van der Waals surface area contributed by atoms with Gasteiger partial charge in [0.05, 0.1) is 11.0 Å². The molecule has 1 aromatic heterocycles. The fourth-order valence-corrected chi connectivity index (χ4v) is 3.08. The van der Waals surface area contributed by atoms with E-state index in [1.54, 1.807) is 19.2 Å². The van der Waals surface area contributed by atoms with Gasteiger partial charge in [0.2, 0.25) is 0 Å². The first kappa shape index (κ1) is 14.8.